The van der Waals surface area contributed by atoms with E-state index in [1.807, 2.05) is 37.3 Å². The molecule has 0 spiro atoms. The lowest BCUT2D eigenvalue weighted by molar-refractivity contribution is 0.101. The third-order valence-corrected chi connectivity index (χ3v) is 3.71. The Labute approximate surface area is 138 Å². The van der Waals surface area contributed by atoms with Crippen molar-refractivity contribution in [3.05, 3.63) is 64.9 Å². The van der Waals surface area contributed by atoms with Crippen LogP contribution in [-0.4, -0.2) is 20.7 Å². The minimum atomic E-state index is -0.255. The smallest absolute Gasteiger partial charge is 0.275 e. The van der Waals surface area contributed by atoms with Gasteiger partial charge in [-0.3, -0.25) is 9.48 Å². The molecule has 5 nitrogen and oxygen atoms in total. The van der Waals surface area contributed by atoms with Crippen LogP contribution in [0.5, 0.6) is 0 Å². The fourth-order valence-electron chi connectivity index (χ4n) is 2.26. The van der Waals surface area contributed by atoms with Crippen LogP contribution >= 0.6 is 11.6 Å². The van der Waals surface area contributed by atoms with Crippen LogP contribution in [0.4, 0.5) is 5.82 Å². The monoisotopic (exact) mass is 326 g/mol. The Morgan fingerprint density at radius 3 is 2.78 bits per heavy atom. The normalized spacial score (nSPS) is 10.6. The van der Waals surface area contributed by atoms with E-state index in [0.29, 0.717) is 22.2 Å². The summed E-state index contributed by atoms with van der Waals surface area (Å²) in [6, 6.07) is 12.8. The van der Waals surface area contributed by atoms with Gasteiger partial charge in [0, 0.05) is 23.8 Å². The average Bonchev–Trinajstić information content (AvgIpc) is 2.92. The molecule has 0 radical (unpaired) electrons. The Kier molecular flexibility index (Phi) is 4.12. The maximum absolute atomic E-state index is 12.5. The molecule has 0 aliphatic carbocycles. The van der Waals surface area contributed by atoms with Crippen LogP contribution < -0.4 is 5.32 Å². The van der Waals surface area contributed by atoms with E-state index < -0.39 is 0 Å². The van der Waals surface area contributed by atoms with Gasteiger partial charge in [-0.1, -0.05) is 29.8 Å². The number of benzene rings is 1. The summed E-state index contributed by atoms with van der Waals surface area (Å²) in [6.07, 6.45) is 1.64. The molecule has 116 valence electrons. The summed E-state index contributed by atoms with van der Waals surface area (Å²) in [6.45, 7) is 1.89. The van der Waals surface area contributed by atoms with E-state index in [4.69, 9.17) is 11.6 Å². The van der Waals surface area contributed by atoms with E-state index >= 15 is 0 Å². The summed E-state index contributed by atoms with van der Waals surface area (Å²) in [5.41, 5.74) is 2.90. The molecule has 3 rings (SSSR count). The first-order valence-electron chi connectivity index (χ1n) is 7.07. The van der Waals surface area contributed by atoms with Gasteiger partial charge in [-0.2, -0.15) is 5.10 Å². The molecule has 0 aliphatic heterocycles. The van der Waals surface area contributed by atoms with Gasteiger partial charge in [-0.15, -0.1) is 0 Å². The maximum atomic E-state index is 12.5. The van der Waals surface area contributed by atoms with Crippen molar-refractivity contribution in [2.24, 2.45) is 7.05 Å². The number of hydrogen-bond acceptors (Lipinski definition) is 3. The highest BCUT2D eigenvalue weighted by molar-refractivity contribution is 6.30. The predicted octanol–water partition coefficient (Wildman–Crippen LogP) is 3.70. The van der Waals surface area contributed by atoms with Crippen LogP contribution in [0, 0.1) is 6.92 Å². The highest BCUT2D eigenvalue weighted by atomic mass is 35.5. The number of aryl methyl sites for hydroxylation is 2. The summed E-state index contributed by atoms with van der Waals surface area (Å²) in [5, 5.41) is 7.82. The van der Waals surface area contributed by atoms with Gasteiger partial charge >= 0.3 is 0 Å². The van der Waals surface area contributed by atoms with Gasteiger partial charge in [0.2, 0.25) is 0 Å². The second-order valence-electron chi connectivity index (χ2n) is 5.17. The van der Waals surface area contributed by atoms with Crippen molar-refractivity contribution in [3.8, 4) is 11.3 Å². The van der Waals surface area contributed by atoms with Gasteiger partial charge in [0.05, 0.1) is 5.69 Å². The van der Waals surface area contributed by atoms with Crippen molar-refractivity contribution in [2.45, 2.75) is 6.92 Å². The zero-order valence-corrected chi connectivity index (χ0v) is 13.5. The number of rotatable bonds is 3. The molecule has 6 heteroatoms. The number of halogens is 1. The third-order valence-electron chi connectivity index (χ3n) is 3.47. The second-order valence-corrected chi connectivity index (χ2v) is 5.61. The molecule has 0 saturated heterocycles. The molecule has 0 aliphatic rings. The Hall–Kier alpha value is -2.66. The number of carbonyl (C=O) groups is 1. The maximum Gasteiger partial charge on any atom is 0.275 e. The first-order valence-corrected chi connectivity index (χ1v) is 7.45. The first-order chi connectivity index (χ1) is 11.0. The molecule has 3 aromatic rings. The quantitative estimate of drug-likeness (QED) is 0.798. The molecular weight excluding hydrogens is 312 g/mol. The zero-order chi connectivity index (χ0) is 16.4. The van der Waals surface area contributed by atoms with Crippen LogP contribution in [0.2, 0.25) is 5.02 Å². The standard InChI is InChI=1S/C17H15ClN4O/c1-11-5-4-8-19-16(11)20-17(23)15-10-14(21-22(15)2)12-6-3-7-13(18)9-12/h3-10H,1-2H3,(H,19,20,23). The minimum absolute atomic E-state index is 0.255. The zero-order valence-electron chi connectivity index (χ0n) is 12.7. The Balaban J connectivity index is 1.89. The summed E-state index contributed by atoms with van der Waals surface area (Å²) in [4.78, 5) is 16.6. The molecule has 0 unspecified atom stereocenters. The van der Waals surface area contributed by atoms with Crippen LogP contribution in [0.3, 0.4) is 0 Å². The van der Waals surface area contributed by atoms with Crippen molar-refractivity contribution < 1.29 is 4.79 Å². The fourth-order valence-corrected chi connectivity index (χ4v) is 2.45. The van der Waals surface area contributed by atoms with Crippen molar-refractivity contribution in [1.29, 1.82) is 0 Å². The lowest BCUT2D eigenvalue weighted by Gasteiger charge is -2.06. The van der Waals surface area contributed by atoms with E-state index in [-0.39, 0.29) is 5.91 Å². The number of nitrogens with zero attached hydrogens (tertiary/aromatic N) is 3. The second kappa shape index (κ2) is 6.22. The van der Waals surface area contributed by atoms with Gasteiger partial charge in [0.1, 0.15) is 11.5 Å². The van der Waals surface area contributed by atoms with Crippen molar-refractivity contribution in [1.82, 2.24) is 14.8 Å². The summed E-state index contributed by atoms with van der Waals surface area (Å²) in [7, 11) is 1.73. The minimum Gasteiger partial charge on any atom is -0.305 e. The number of nitrogens with one attached hydrogen (secondary N) is 1. The molecule has 1 N–H and O–H groups in total. The molecule has 1 aromatic carbocycles. The first kappa shape index (κ1) is 15.2. The topological polar surface area (TPSA) is 59.8 Å². The third kappa shape index (κ3) is 3.24. The molecule has 2 heterocycles. The average molecular weight is 327 g/mol. The highest BCUT2D eigenvalue weighted by Crippen LogP contribution is 2.22. The molecular formula is C17H15ClN4O. The molecule has 1 amide bonds. The molecule has 0 saturated carbocycles. The Morgan fingerprint density at radius 2 is 2.04 bits per heavy atom. The Morgan fingerprint density at radius 1 is 1.22 bits per heavy atom. The SMILES string of the molecule is Cc1cccnc1NC(=O)c1cc(-c2cccc(Cl)c2)nn1C. The summed E-state index contributed by atoms with van der Waals surface area (Å²) < 4.78 is 1.55. The number of anilines is 1. The van der Waals surface area contributed by atoms with Gasteiger partial charge in [-0.25, -0.2) is 4.98 Å². The van der Waals surface area contributed by atoms with E-state index in [9.17, 15) is 4.79 Å². The van der Waals surface area contributed by atoms with E-state index in [2.05, 4.69) is 15.4 Å². The van der Waals surface area contributed by atoms with Gasteiger partial charge in [0.15, 0.2) is 0 Å². The fraction of sp³-hybridized carbons (Fsp3) is 0.118. The van der Waals surface area contributed by atoms with Crippen LogP contribution in [0.15, 0.2) is 48.7 Å². The predicted molar refractivity (Wildman–Crippen MR) is 90.6 cm³/mol. The Bertz CT molecular complexity index is 873. The number of amides is 1. The number of carbonyl (C=O) groups excluding carboxylic acids is 1. The number of pyridine rings is 1. The lowest BCUT2D eigenvalue weighted by Crippen LogP contribution is -2.17. The van der Waals surface area contributed by atoms with Gasteiger partial charge in [0.25, 0.3) is 5.91 Å². The van der Waals surface area contributed by atoms with Gasteiger partial charge in [-0.05, 0) is 36.8 Å². The van der Waals surface area contributed by atoms with Crippen molar-refractivity contribution >= 4 is 23.3 Å². The lowest BCUT2D eigenvalue weighted by atomic mass is 10.1. The number of aromatic nitrogens is 3. The molecule has 2 aromatic heterocycles. The molecule has 0 fully saturated rings. The van der Waals surface area contributed by atoms with Crippen LogP contribution in [0.25, 0.3) is 11.3 Å². The van der Waals surface area contributed by atoms with Gasteiger partial charge < -0.3 is 5.32 Å². The summed E-state index contributed by atoms with van der Waals surface area (Å²) in [5.74, 6) is 0.290. The highest BCUT2D eigenvalue weighted by Gasteiger charge is 2.15. The van der Waals surface area contributed by atoms with Crippen molar-refractivity contribution in [3.63, 3.8) is 0 Å². The van der Waals surface area contributed by atoms with E-state index in [1.54, 1.807) is 30.1 Å². The molecule has 0 atom stereocenters. The summed E-state index contributed by atoms with van der Waals surface area (Å²) >= 11 is 6.01. The van der Waals surface area contributed by atoms with Crippen molar-refractivity contribution in [2.75, 3.05) is 5.32 Å². The van der Waals surface area contributed by atoms with Crippen LogP contribution in [0.1, 0.15) is 16.1 Å². The largest absolute Gasteiger partial charge is 0.305 e. The number of hydrogen-bond donors (Lipinski definition) is 1. The van der Waals surface area contributed by atoms with E-state index in [0.717, 1.165) is 11.1 Å². The molecule has 0 bridgehead atoms. The molecule has 23 heavy (non-hydrogen) atoms. The van der Waals surface area contributed by atoms with Crippen LogP contribution in [-0.2, 0) is 7.05 Å². The van der Waals surface area contributed by atoms with E-state index in [1.165, 1.54) is 0 Å².